The molecule has 0 saturated heterocycles. The summed E-state index contributed by atoms with van der Waals surface area (Å²) >= 11 is 11.8. The number of halogens is 2. The van der Waals surface area contributed by atoms with Crippen molar-refractivity contribution in [2.75, 3.05) is 11.1 Å². The van der Waals surface area contributed by atoms with Crippen LogP contribution in [0.15, 0.2) is 30.5 Å². The minimum Gasteiger partial charge on any atom is -0.382 e. The normalized spacial score (nSPS) is 10.3. The average Bonchev–Trinajstić information content (AvgIpc) is 2.70. The Morgan fingerprint density at radius 1 is 1.39 bits per heavy atom. The second-order valence-electron chi connectivity index (χ2n) is 3.59. The van der Waals surface area contributed by atoms with Crippen molar-refractivity contribution in [3.8, 4) is 0 Å². The van der Waals surface area contributed by atoms with Gasteiger partial charge in [-0.2, -0.15) is 5.10 Å². The largest absolute Gasteiger partial charge is 0.382 e. The van der Waals surface area contributed by atoms with Crippen LogP contribution in [0.4, 0.5) is 11.5 Å². The highest BCUT2D eigenvalue weighted by atomic mass is 35.5. The number of carbonyl (C=O) groups excluding carboxylic acids is 1. The molecule has 2 aromatic rings. The molecule has 0 saturated carbocycles. The van der Waals surface area contributed by atoms with Crippen LogP contribution in [-0.2, 0) is 11.3 Å². The summed E-state index contributed by atoms with van der Waals surface area (Å²) in [6.07, 6.45) is 1.62. The van der Waals surface area contributed by atoms with Crippen LogP contribution in [0.25, 0.3) is 0 Å². The summed E-state index contributed by atoms with van der Waals surface area (Å²) in [5.74, 6) is 0.103. The number of rotatable bonds is 3. The maximum atomic E-state index is 11.7. The molecule has 1 aromatic heterocycles. The molecule has 18 heavy (non-hydrogen) atoms. The van der Waals surface area contributed by atoms with Gasteiger partial charge in [-0.25, -0.2) is 0 Å². The van der Waals surface area contributed by atoms with Crippen molar-refractivity contribution < 1.29 is 4.79 Å². The summed E-state index contributed by atoms with van der Waals surface area (Å²) in [6.45, 7) is 0.0556. The van der Waals surface area contributed by atoms with Crippen molar-refractivity contribution in [2.24, 2.45) is 0 Å². The quantitative estimate of drug-likeness (QED) is 0.909. The van der Waals surface area contributed by atoms with E-state index in [1.807, 2.05) is 0 Å². The van der Waals surface area contributed by atoms with Crippen LogP contribution in [0.5, 0.6) is 0 Å². The van der Waals surface area contributed by atoms with Crippen LogP contribution in [0.2, 0.25) is 10.0 Å². The molecule has 0 bridgehead atoms. The van der Waals surface area contributed by atoms with Gasteiger partial charge >= 0.3 is 0 Å². The fraction of sp³-hybridized carbons (Fsp3) is 0.0909. The molecule has 0 spiro atoms. The molecular weight excluding hydrogens is 275 g/mol. The topological polar surface area (TPSA) is 72.9 Å². The molecule has 5 nitrogen and oxygen atoms in total. The Labute approximate surface area is 113 Å². The molecule has 0 aliphatic heterocycles. The predicted molar refractivity (Wildman–Crippen MR) is 71.7 cm³/mol. The van der Waals surface area contributed by atoms with Gasteiger partial charge in [0.05, 0.1) is 15.7 Å². The molecule has 0 aliphatic rings. The van der Waals surface area contributed by atoms with E-state index in [4.69, 9.17) is 28.9 Å². The summed E-state index contributed by atoms with van der Waals surface area (Å²) in [5, 5.41) is 7.26. The molecule has 2 rings (SSSR count). The lowest BCUT2D eigenvalue weighted by Crippen LogP contribution is -2.19. The van der Waals surface area contributed by atoms with E-state index in [1.54, 1.807) is 30.5 Å². The zero-order chi connectivity index (χ0) is 13.1. The Bertz CT molecular complexity index is 582. The minimum atomic E-state index is -0.262. The lowest BCUT2D eigenvalue weighted by Gasteiger charge is -2.08. The molecule has 94 valence electrons. The third kappa shape index (κ3) is 2.94. The highest BCUT2D eigenvalue weighted by Gasteiger charge is 2.09. The van der Waals surface area contributed by atoms with Crippen LogP contribution in [-0.4, -0.2) is 15.7 Å². The Morgan fingerprint density at radius 3 is 2.83 bits per heavy atom. The molecule has 0 fully saturated rings. The van der Waals surface area contributed by atoms with E-state index in [9.17, 15) is 4.79 Å². The zero-order valence-corrected chi connectivity index (χ0v) is 10.7. The summed E-state index contributed by atoms with van der Waals surface area (Å²) in [6, 6.07) is 6.63. The van der Waals surface area contributed by atoms with Crippen LogP contribution in [0.3, 0.4) is 0 Å². The van der Waals surface area contributed by atoms with Crippen LogP contribution < -0.4 is 11.1 Å². The standard InChI is InChI=1S/C11H10Cl2N4O/c12-7-2-1-3-8(11(7)13)15-10(18)6-17-5-4-9(14)16-17/h1-5H,6H2,(H2,14,16)(H,15,18). The number of nitrogens with zero attached hydrogens (tertiary/aromatic N) is 2. The number of carbonyl (C=O) groups is 1. The zero-order valence-electron chi connectivity index (χ0n) is 9.23. The predicted octanol–water partition coefficient (Wildman–Crippen LogP) is 2.41. The van der Waals surface area contributed by atoms with Gasteiger partial charge in [0, 0.05) is 6.20 Å². The number of nitrogen functional groups attached to an aromatic ring is 1. The Hall–Kier alpha value is -1.72. The van der Waals surface area contributed by atoms with Crippen molar-refractivity contribution >= 4 is 40.6 Å². The number of anilines is 2. The van der Waals surface area contributed by atoms with Crippen molar-refractivity contribution in [1.29, 1.82) is 0 Å². The number of benzene rings is 1. The molecular formula is C11H10Cl2N4O. The first-order valence-electron chi connectivity index (χ1n) is 5.09. The number of hydrogen-bond acceptors (Lipinski definition) is 3. The molecule has 7 heteroatoms. The maximum absolute atomic E-state index is 11.7. The molecule has 1 heterocycles. The summed E-state index contributed by atoms with van der Waals surface area (Å²) < 4.78 is 1.43. The van der Waals surface area contributed by atoms with Gasteiger partial charge in [-0.1, -0.05) is 29.3 Å². The highest BCUT2D eigenvalue weighted by Crippen LogP contribution is 2.29. The third-order valence-corrected chi connectivity index (χ3v) is 3.01. The van der Waals surface area contributed by atoms with E-state index in [2.05, 4.69) is 10.4 Å². The van der Waals surface area contributed by atoms with Crippen molar-refractivity contribution in [3.05, 3.63) is 40.5 Å². The molecule has 0 unspecified atom stereocenters. The first kappa shape index (κ1) is 12.7. The van der Waals surface area contributed by atoms with Gasteiger partial charge in [-0.05, 0) is 18.2 Å². The summed E-state index contributed by atoms with van der Waals surface area (Å²) in [4.78, 5) is 11.7. The second-order valence-corrected chi connectivity index (χ2v) is 4.37. The molecule has 0 radical (unpaired) electrons. The second kappa shape index (κ2) is 5.29. The molecule has 1 aromatic carbocycles. The molecule has 0 aliphatic carbocycles. The van der Waals surface area contributed by atoms with E-state index in [0.717, 1.165) is 0 Å². The monoisotopic (exact) mass is 284 g/mol. The van der Waals surface area contributed by atoms with Gasteiger partial charge in [0.15, 0.2) is 0 Å². The van der Waals surface area contributed by atoms with E-state index < -0.39 is 0 Å². The first-order chi connectivity index (χ1) is 8.56. The van der Waals surface area contributed by atoms with Crippen LogP contribution in [0.1, 0.15) is 0 Å². The third-order valence-electron chi connectivity index (χ3n) is 2.19. The Balaban J connectivity index is 2.05. The van der Waals surface area contributed by atoms with Gasteiger partial charge < -0.3 is 11.1 Å². The smallest absolute Gasteiger partial charge is 0.246 e. The molecule has 1 amide bonds. The fourth-order valence-corrected chi connectivity index (χ4v) is 1.75. The van der Waals surface area contributed by atoms with Crippen molar-refractivity contribution in [1.82, 2.24) is 9.78 Å². The van der Waals surface area contributed by atoms with Gasteiger partial charge in [-0.3, -0.25) is 9.48 Å². The molecule has 0 atom stereocenters. The van der Waals surface area contributed by atoms with E-state index in [1.165, 1.54) is 4.68 Å². The van der Waals surface area contributed by atoms with Gasteiger partial charge in [0.1, 0.15) is 12.4 Å². The van der Waals surface area contributed by atoms with Gasteiger partial charge in [0.2, 0.25) is 5.91 Å². The summed E-state index contributed by atoms with van der Waals surface area (Å²) in [7, 11) is 0. The van der Waals surface area contributed by atoms with Crippen molar-refractivity contribution in [3.63, 3.8) is 0 Å². The average molecular weight is 285 g/mol. The van der Waals surface area contributed by atoms with E-state index in [-0.39, 0.29) is 12.5 Å². The maximum Gasteiger partial charge on any atom is 0.246 e. The number of nitrogens with one attached hydrogen (secondary N) is 1. The number of nitrogens with two attached hydrogens (primary N) is 1. The Morgan fingerprint density at radius 2 is 2.17 bits per heavy atom. The van der Waals surface area contributed by atoms with Gasteiger partial charge in [0.25, 0.3) is 0 Å². The first-order valence-corrected chi connectivity index (χ1v) is 5.84. The lowest BCUT2D eigenvalue weighted by atomic mass is 10.3. The van der Waals surface area contributed by atoms with Crippen LogP contribution >= 0.6 is 23.2 Å². The lowest BCUT2D eigenvalue weighted by molar-refractivity contribution is -0.116. The Kier molecular flexibility index (Phi) is 3.74. The number of aromatic nitrogens is 2. The number of amides is 1. The van der Waals surface area contributed by atoms with Crippen molar-refractivity contribution in [2.45, 2.75) is 6.54 Å². The molecule has 3 N–H and O–H groups in total. The van der Waals surface area contributed by atoms with Crippen LogP contribution in [0, 0.1) is 0 Å². The fourth-order valence-electron chi connectivity index (χ4n) is 1.40. The van der Waals surface area contributed by atoms with Gasteiger partial charge in [-0.15, -0.1) is 0 Å². The highest BCUT2D eigenvalue weighted by molar-refractivity contribution is 6.43. The SMILES string of the molecule is Nc1ccn(CC(=O)Nc2cccc(Cl)c2Cl)n1. The number of hydrogen-bond donors (Lipinski definition) is 2. The van der Waals surface area contributed by atoms with E-state index >= 15 is 0 Å². The minimum absolute atomic E-state index is 0.0556. The van der Waals surface area contributed by atoms with E-state index in [0.29, 0.717) is 21.6 Å². The summed E-state index contributed by atoms with van der Waals surface area (Å²) in [5.41, 5.74) is 5.92.